The molecule has 86 valence electrons. The fraction of sp³-hybridized carbons (Fsp3) is 1.00. The molecule has 0 bridgehead atoms. The van der Waals surface area contributed by atoms with Gasteiger partial charge in [0.25, 0.3) is 0 Å². The van der Waals surface area contributed by atoms with Gasteiger partial charge in [-0.1, -0.05) is 40.0 Å². The normalized spacial score (nSPS) is 13.5. The predicted molar refractivity (Wildman–Crippen MR) is 65.9 cm³/mol. The molecule has 0 aromatic carbocycles. The fourth-order valence-electron chi connectivity index (χ4n) is 1.71. The third kappa shape index (κ3) is 6.67. The Hall–Kier alpha value is 0.250. The number of hydrogen-bond donors (Lipinski definition) is 0. The van der Waals surface area contributed by atoms with Crippen LogP contribution in [0.15, 0.2) is 0 Å². The molecule has 0 aliphatic rings. The first kappa shape index (κ1) is 14.2. The highest BCUT2D eigenvalue weighted by molar-refractivity contribution is 6.20. The summed E-state index contributed by atoms with van der Waals surface area (Å²) in [5.41, 5.74) is 0.265. The second-order valence-corrected chi connectivity index (χ2v) is 4.47. The van der Waals surface area contributed by atoms with E-state index in [1.54, 1.807) is 0 Å². The standard InChI is InChI=1S/C12H26ClN/c1-4-7-8-9-12(13)14(10-5-2)11-6-3/h12H,4-11H2,1-3H3. The zero-order chi connectivity index (χ0) is 10.8. The van der Waals surface area contributed by atoms with Gasteiger partial charge >= 0.3 is 0 Å². The molecule has 0 saturated carbocycles. The second kappa shape index (κ2) is 9.79. The molecule has 0 aromatic heterocycles. The van der Waals surface area contributed by atoms with E-state index in [2.05, 4.69) is 25.7 Å². The van der Waals surface area contributed by atoms with Gasteiger partial charge in [0.05, 0.1) is 5.50 Å². The van der Waals surface area contributed by atoms with Crippen LogP contribution in [0, 0.1) is 0 Å². The van der Waals surface area contributed by atoms with Crippen LogP contribution < -0.4 is 0 Å². The molecule has 0 radical (unpaired) electrons. The lowest BCUT2D eigenvalue weighted by Crippen LogP contribution is -2.32. The molecule has 1 atom stereocenters. The predicted octanol–water partition coefficient (Wildman–Crippen LogP) is 4.25. The van der Waals surface area contributed by atoms with E-state index >= 15 is 0 Å². The molecule has 0 aliphatic heterocycles. The Morgan fingerprint density at radius 2 is 1.50 bits per heavy atom. The number of nitrogens with zero attached hydrogens (tertiary/aromatic N) is 1. The Bertz CT molecular complexity index is 111. The molecule has 1 unspecified atom stereocenters. The van der Waals surface area contributed by atoms with Crippen LogP contribution in [-0.4, -0.2) is 23.5 Å². The van der Waals surface area contributed by atoms with Crippen molar-refractivity contribution in [3.8, 4) is 0 Å². The summed E-state index contributed by atoms with van der Waals surface area (Å²) in [6.45, 7) is 8.97. The molecular weight excluding hydrogens is 194 g/mol. The van der Waals surface area contributed by atoms with Crippen LogP contribution in [0.4, 0.5) is 0 Å². The largest absolute Gasteiger partial charge is 0.287 e. The van der Waals surface area contributed by atoms with E-state index < -0.39 is 0 Å². The summed E-state index contributed by atoms with van der Waals surface area (Å²) in [6, 6.07) is 0. The minimum Gasteiger partial charge on any atom is -0.287 e. The van der Waals surface area contributed by atoms with Gasteiger partial charge in [0, 0.05) is 0 Å². The average Bonchev–Trinajstić information content (AvgIpc) is 2.18. The van der Waals surface area contributed by atoms with Crippen LogP contribution in [0.3, 0.4) is 0 Å². The Morgan fingerprint density at radius 1 is 0.929 bits per heavy atom. The van der Waals surface area contributed by atoms with Gasteiger partial charge in [-0.15, -0.1) is 11.6 Å². The number of halogens is 1. The summed E-state index contributed by atoms with van der Waals surface area (Å²) in [4.78, 5) is 2.41. The minimum absolute atomic E-state index is 0.265. The SMILES string of the molecule is CCCCCC(Cl)N(CCC)CCC. The lowest BCUT2D eigenvalue weighted by Gasteiger charge is -2.26. The Labute approximate surface area is 94.8 Å². The van der Waals surface area contributed by atoms with E-state index in [1.807, 2.05) is 0 Å². The van der Waals surface area contributed by atoms with Crippen LogP contribution in [0.1, 0.15) is 59.3 Å². The first-order valence-corrected chi connectivity index (χ1v) is 6.57. The van der Waals surface area contributed by atoms with E-state index in [0.29, 0.717) is 0 Å². The molecule has 0 rings (SSSR count). The molecule has 0 N–H and O–H groups in total. The maximum atomic E-state index is 6.37. The summed E-state index contributed by atoms with van der Waals surface area (Å²) in [5, 5.41) is 0. The highest BCUT2D eigenvalue weighted by Gasteiger charge is 2.12. The summed E-state index contributed by atoms with van der Waals surface area (Å²) in [6.07, 6.45) is 7.43. The summed E-state index contributed by atoms with van der Waals surface area (Å²) < 4.78 is 0. The molecule has 1 nitrogen and oxygen atoms in total. The summed E-state index contributed by atoms with van der Waals surface area (Å²) in [5.74, 6) is 0. The van der Waals surface area contributed by atoms with Crippen molar-refractivity contribution in [3.05, 3.63) is 0 Å². The third-order valence-electron chi connectivity index (χ3n) is 2.46. The van der Waals surface area contributed by atoms with Crippen molar-refractivity contribution >= 4 is 11.6 Å². The lowest BCUT2D eigenvalue weighted by atomic mass is 10.2. The van der Waals surface area contributed by atoms with Gasteiger partial charge in [0.1, 0.15) is 0 Å². The quantitative estimate of drug-likeness (QED) is 0.318. The second-order valence-electron chi connectivity index (χ2n) is 3.97. The van der Waals surface area contributed by atoms with Gasteiger partial charge in [-0.25, -0.2) is 0 Å². The third-order valence-corrected chi connectivity index (χ3v) is 2.96. The Morgan fingerprint density at radius 3 is 1.93 bits per heavy atom. The number of alkyl halides is 1. The van der Waals surface area contributed by atoms with Gasteiger partial charge in [-0.05, 0) is 32.4 Å². The van der Waals surface area contributed by atoms with Crippen LogP contribution in [0.25, 0.3) is 0 Å². The van der Waals surface area contributed by atoms with Gasteiger partial charge in [0.2, 0.25) is 0 Å². The maximum absolute atomic E-state index is 6.37. The van der Waals surface area contributed by atoms with Crippen LogP contribution in [0.2, 0.25) is 0 Å². The molecule has 0 aromatic rings. The van der Waals surface area contributed by atoms with Gasteiger partial charge in [-0.2, -0.15) is 0 Å². The first-order chi connectivity index (χ1) is 6.76. The molecule has 14 heavy (non-hydrogen) atoms. The highest BCUT2D eigenvalue weighted by atomic mass is 35.5. The zero-order valence-corrected chi connectivity index (χ0v) is 10.8. The van der Waals surface area contributed by atoms with Crippen molar-refractivity contribution in [1.82, 2.24) is 4.90 Å². The molecule has 0 amide bonds. The van der Waals surface area contributed by atoms with Crippen LogP contribution in [0.5, 0.6) is 0 Å². The number of unbranched alkanes of at least 4 members (excludes halogenated alkanes) is 2. The lowest BCUT2D eigenvalue weighted by molar-refractivity contribution is 0.240. The summed E-state index contributed by atoms with van der Waals surface area (Å²) in [7, 11) is 0. The molecule has 0 saturated heterocycles. The van der Waals surface area contributed by atoms with Crippen molar-refractivity contribution in [2.45, 2.75) is 64.8 Å². The monoisotopic (exact) mass is 219 g/mol. The maximum Gasteiger partial charge on any atom is 0.0850 e. The van der Waals surface area contributed by atoms with Crippen molar-refractivity contribution in [1.29, 1.82) is 0 Å². The molecule has 2 heteroatoms. The number of hydrogen-bond acceptors (Lipinski definition) is 1. The van der Waals surface area contributed by atoms with Gasteiger partial charge < -0.3 is 0 Å². The topological polar surface area (TPSA) is 3.24 Å². The average molecular weight is 220 g/mol. The van der Waals surface area contributed by atoms with Gasteiger partial charge in [0.15, 0.2) is 0 Å². The molecule has 0 heterocycles. The number of rotatable bonds is 9. The van der Waals surface area contributed by atoms with Crippen LogP contribution >= 0.6 is 11.6 Å². The van der Waals surface area contributed by atoms with Crippen molar-refractivity contribution in [2.75, 3.05) is 13.1 Å². The van der Waals surface area contributed by atoms with Gasteiger partial charge in [-0.3, -0.25) is 4.90 Å². The molecule has 0 aliphatic carbocycles. The zero-order valence-electron chi connectivity index (χ0n) is 10.1. The molecular formula is C12H26ClN. The van der Waals surface area contributed by atoms with E-state index in [-0.39, 0.29) is 5.50 Å². The van der Waals surface area contributed by atoms with E-state index in [0.717, 1.165) is 19.5 Å². The van der Waals surface area contributed by atoms with Crippen molar-refractivity contribution in [3.63, 3.8) is 0 Å². The van der Waals surface area contributed by atoms with E-state index in [9.17, 15) is 0 Å². The molecule has 0 fully saturated rings. The highest BCUT2D eigenvalue weighted by Crippen LogP contribution is 2.14. The first-order valence-electron chi connectivity index (χ1n) is 6.14. The van der Waals surface area contributed by atoms with E-state index in [4.69, 9.17) is 11.6 Å². The smallest absolute Gasteiger partial charge is 0.0850 e. The van der Waals surface area contributed by atoms with Crippen LogP contribution in [-0.2, 0) is 0 Å². The molecule has 0 spiro atoms. The Kier molecular flexibility index (Phi) is 9.97. The Balaban J connectivity index is 3.69. The fourth-order valence-corrected chi connectivity index (χ4v) is 2.06. The van der Waals surface area contributed by atoms with Crippen molar-refractivity contribution < 1.29 is 0 Å². The van der Waals surface area contributed by atoms with Crippen molar-refractivity contribution in [2.24, 2.45) is 0 Å². The summed E-state index contributed by atoms with van der Waals surface area (Å²) >= 11 is 6.37. The van der Waals surface area contributed by atoms with E-state index in [1.165, 1.54) is 32.1 Å². The minimum atomic E-state index is 0.265.